The van der Waals surface area contributed by atoms with Gasteiger partial charge in [-0.2, -0.15) is 4.99 Å². The van der Waals surface area contributed by atoms with Crippen LogP contribution in [0.1, 0.15) is 6.92 Å². The van der Waals surface area contributed by atoms with E-state index >= 15 is 0 Å². The van der Waals surface area contributed by atoms with Gasteiger partial charge in [-0.05, 0) is 31.3 Å². The van der Waals surface area contributed by atoms with E-state index in [2.05, 4.69) is 32.7 Å². The average Bonchev–Trinajstić information content (AvgIpc) is 2.09. The van der Waals surface area contributed by atoms with Crippen molar-refractivity contribution < 1.29 is 0 Å². The molecule has 12 heavy (non-hydrogen) atoms. The molecule has 1 aromatic rings. The number of aromatic nitrogens is 1. The Hall–Kier alpha value is -1.25. The maximum absolute atomic E-state index is 4.46. The van der Waals surface area contributed by atoms with Gasteiger partial charge in [-0.15, -0.1) is 0 Å². The third-order valence-corrected chi connectivity index (χ3v) is 1.37. The molecule has 0 aliphatic rings. The molecule has 1 rings (SSSR count). The van der Waals surface area contributed by atoms with Crippen LogP contribution in [-0.4, -0.2) is 16.7 Å². The number of pyridine rings is 1. The molecular weight excluding hydrogens is 170 g/mol. The number of thiocarbonyl (C=S) groups is 1. The molecule has 0 aliphatic carbocycles. The number of hydrogen-bond acceptors (Lipinski definition) is 4. The van der Waals surface area contributed by atoms with Crippen LogP contribution in [0.25, 0.3) is 0 Å². The van der Waals surface area contributed by atoms with Crippen molar-refractivity contribution in [3.05, 3.63) is 18.3 Å². The van der Waals surface area contributed by atoms with Gasteiger partial charge in [0.15, 0.2) is 0 Å². The molecule has 0 saturated heterocycles. The molecule has 0 aliphatic heterocycles. The zero-order chi connectivity index (χ0) is 8.81. The minimum atomic E-state index is 0.728. The van der Waals surface area contributed by atoms with E-state index in [4.69, 9.17) is 0 Å². The van der Waals surface area contributed by atoms with Crippen molar-refractivity contribution in [3.63, 3.8) is 0 Å². The second kappa shape index (κ2) is 4.59. The fraction of sp³-hybridized carbons (Fsp3) is 0.250. The third-order valence-electron chi connectivity index (χ3n) is 1.28. The number of rotatable bonds is 3. The standard InChI is InChI=1S/C8H9N3S/c1-2-9-8-4-3-7(5-10-8)11-6-12/h3-5H,2H2,1H3,(H,9,10). The van der Waals surface area contributed by atoms with Crippen molar-refractivity contribution in [2.75, 3.05) is 11.9 Å². The Labute approximate surface area is 76.5 Å². The molecule has 1 aromatic heterocycles. The fourth-order valence-electron chi connectivity index (χ4n) is 0.791. The van der Waals surface area contributed by atoms with E-state index in [0.717, 1.165) is 18.1 Å². The van der Waals surface area contributed by atoms with E-state index in [1.54, 1.807) is 6.20 Å². The highest BCUT2D eigenvalue weighted by molar-refractivity contribution is 7.78. The Balaban J connectivity index is 2.77. The van der Waals surface area contributed by atoms with Gasteiger partial charge in [0.1, 0.15) is 5.82 Å². The first kappa shape index (κ1) is 8.84. The van der Waals surface area contributed by atoms with Crippen molar-refractivity contribution in [2.45, 2.75) is 6.92 Å². The van der Waals surface area contributed by atoms with Gasteiger partial charge in [0.05, 0.1) is 17.0 Å². The molecule has 4 heteroatoms. The van der Waals surface area contributed by atoms with E-state index in [-0.39, 0.29) is 0 Å². The second-order valence-corrected chi connectivity index (χ2v) is 2.32. The van der Waals surface area contributed by atoms with Crippen molar-refractivity contribution in [2.24, 2.45) is 4.99 Å². The van der Waals surface area contributed by atoms with E-state index in [9.17, 15) is 0 Å². The molecule has 0 amide bonds. The minimum Gasteiger partial charge on any atom is -0.370 e. The topological polar surface area (TPSA) is 37.3 Å². The number of hydrogen-bond donors (Lipinski definition) is 1. The van der Waals surface area contributed by atoms with Crippen LogP contribution in [0.4, 0.5) is 11.5 Å². The summed E-state index contributed by atoms with van der Waals surface area (Å²) in [5.41, 5.74) is 0.728. The SMILES string of the molecule is CCNc1ccc(N=C=S)cn1. The summed E-state index contributed by atoms with van der Waals surface area (Å²) in [5, 5.41) is 5.36. The van der Waals surface area contributed by atoms with Crippen molar-refractivity contribution in [1.29, 1.82) is 0 Å². The molecule has 0 bridgehead atoms. The molecule has 0 saturated carbocycles. The molecule has 0 aromatic carbocycles. The Morgan fingerprint density at radius 1 is 1.67 bits per heavy atom. The lowest BCUT2D eigenvalue weighted by atomic mass is 10.4. The summed E-state index contributed by atoms with van der Waals surface area (Å²) in [6.45, 7) is 2.88. The number of nitrogens with zero attached hydrogens (tertiary/aromatic N) is 2. The molecule has 1 heterocycles. The van der Waals surface area contributed by atoms with Crippen LogP contribution in [0, 0.1) is 0 Å². The van der Waals surface area contributed by atoms with Crippen LogP contribution < -0.4 is 5.32 Å². The smallest absolute Gasteiger partial charge is 0.126 e. The molecule has 62 valence electrons. The zero-order valence-corrected chi connectivity index (χ0v) is 7.56. The lowest BCUT2D eigenvalue weighted by Crippen LogP contribution is -1.97. The zero-order valence-electron chi connectivity index (χ0n) is 6.74. The Morgan fingerprint density at radius 2 is 2.50 bits per heavy atom. The van der Waals surface area contributed by atoms with Gasteiger partial charge in [-0.1, -0.05) is 0 Å². The van der Waals surface area contributed by atoms with Crippen molar-refractivity contribution >= 4 is 28.9 Å². The van der Waals surface area contributed by atoms with Crippen LogP contribution in [-0.2, 0) is 0 Å². The van der Waals surface area contributed by atoms with E-state index < -0.39 is 0 Å². The highest BCUT2D eigenvalue weighted by atomic mass is 32.1. The summed E-state index contributed by atoms with van der Waals surface area (Å²) in [7, 11) is 0. The highest BCUT2D eigenvalue weighted by Gasteiger charge is 1.90. The summed E-state index contributed by atoms with van der Waals surface area (Å²) < 4.78 is 0. The predicted octanol–water partition coefficient (Wildman–Crippen LogP) is 2.25. The number of aliphatic imine (C=N–C) groups is 1. The minimum absolute atomic E-state index is 0.728. The van der Waals surface area contributed by atoms with Crippen LogP contribution in [0.5, 0.6) is 0 Å². The van der Waals surface area contributed by atoms with Crippen molar-refractivity contribution in [3.8, 4) is 0 Å². The van der Waals surface area contributed by atoms with Crippen LogP contribution in [0.15, 0.2) is 23.3 Å². The van der Waals surface area contributed by atoms with E-state index in [0.29, 0.717) is 0 Å². The van der Waals surface area contributed by atoms with Crippen LogP contribution in [0.2, 0.25) is 0 Å². The average molecular weight is 179 g/mol. The van der Waals surface area contributed by atoms with E-state index in [1.165, 1.54) is 0 Å². The monoisotopic (exact) mass is 179 g/mol. The van der Waals surface area contributed by atoms with Gasteiger partial charge in [-0.25, -0.2) is 4.98 Å². The fourth-order valence-corrected chi connectivity index (χ4v) is 0.896. The van der Waals surface area contributed by atoms with Gasteiger partial charge in [0, 0.05) is 6.54 Å². The number of nitrogens with one attached hydrogen (secondary N) is 1. The molecule has 1 N–H and O–H groups in total. The maximum atomic E-state index is 4.46. The molecule has 0 atom stereocenters. The second-order valence-electron chi connectivity index (χ2n) is 2.14. The van der Waals surface area contributed by atoms with Crippen LogP contribution in [0.3, 0.4) is 0 Å². The molecule has 0 spiro atoms. The van der Waals surface area contributed by atoms with Gasteiger partial charge in [0.25, 0.3) is 0 Å². The van der Waals surface area contributed by atoms with Gasteiger partial charge < -0.3 is 5.32 Å². The molecule has 3 nitrogen and oxygen atoms in total. The Bertz CT molecular complexity index is 288. The quantitative estimate of drug-likeness (QED) is 0.571. The maximum Gasteiger partial charge on any atom is 0.126 e. The highest BCUT2D eigenvalue weighted by Crippen LogP contribution is 2.11. The number of isothiocyanates is 1. The summed E-state index contributed by atoms with van der Waals surface area (Å²) in [4.78, 5) is 7.88. The lowest BCUT2D eigenvalue weighted by Gasteiger charge is -1.99. The summed E-state index contributed by atoms with van der Waals surface area (Å²) in [6, 6.07) is 3.69. The van der Waals surface area contributed by atoms with E-state index in [1.807, 2.05) is 19.1 Å². The summed E-state index contributed by atoms with van der Waals surface area (Å²) >= 11 is 4.46. The Morgan fingerprint density at radius 3 is 3.00 bits per heavy atom. The summed E-state index contributed by atoms with van der Waals surface area (Å²) in [5.74, 6) is 0.848. The normalized spacial score (nSPS) is 8.75. The van der Waals surface area contributed by atoms with Crippen LogP contribution >= 0.6 is 12.2 Å². The molecule has 0 unspecified atom stereocenters. The predicted molar refractivity (Wildman–Crippen MR) is 53.1 cm³/mol. The third kappa shape index (κ3) is 2.42. The number of anilines is 1. The first-order valence-corrected chi connectivity index (χ1v) is 4.05. The molecular formula is C8H9N3S. The first-order chi connectivity index (χ1) is 5.86. The molecule has 0 fully saturated rings. The molecule has 0 radical (unpaired) electrons. The Kier molecular flexibility index (Phi) is 3.38. The van der Waals surface area contributed by atoms with Crippen molar-refractivity contribution in [1.82, 2.24) is 4.98 Å². The lowest BCUT2D eigenvalue weighted by molar-refractivity contribution is 1.16. The summed E-state index contributed by atoms with van der Waals surface area (Å²) in [6.07, 6.45) is 1.65. The van der Waals surface area contributed by atoms with Gasteiger partial charge in [-0.3, -0.25) is 0 Å². The van der Waals surface area contributed by atoms with Gasteiger partial charge >= 0.3 is 0 Å². The first-order valence-electron chi connectivity index (χ1n) is 3.64. The largest absolute Gasteiger partial charge is 0.370 e. The van der Waals surface area contributed by atoms with Gasteiger partial charge in [0.2, 0.25) is 0 Å².